The van der Waals surface area contributed by atoms with Crippen molar-refractivity contribution in [3.63, 3.8) is 0 Å². The summed E-state index contributed by atoms with van der Waals surface area (Å²) in [5, 5.41) is 3.37. The molecular weight excluding hydrogens is 162 g/mol. The van der Waals surface area contributed by atoms with Gasteiger partial charge in [-0.3, -0.25) is 0 Å². The first kappa shape index (κ1) is 12.9. The van der Waals surface area contributed by atoms with E-state index in [1.807, 2.05) is 0 Å². The lowest BCUT2D eigenvalue weighted by Crippen LogP contribution is -2.22. The molecule has 0 spiro atoms. The van der Waals surface area contributed by atoms with E-state index in [0.717, 1.165) is 26.1 Å². The average Bonchev–Trinajstić information content (AvgIpc) is 2.16. The van der Waals surface area contributed by atoms with Crippen molar-refractivity contribution in [1.82, 2.24) is 5.32 Å². The van der Waals surface area contributed by atoms with Crippen LogP contribution >= 0.6 is 0 Å². The quantitative estimate of drug-likeness (QED) is 0.560. The minimum absolute atomic E-state index is 0.414. The lowest BCUT2D eigenvalue weighted by atomic mass is 10.2. The fraction of sp³-hybridized carbons (Fsp3) is 1.00. The van der Waals surface area contributed by atoms with Crippen LogP contribution in [-0.2, 0) is 4.74 Å². The second-order valence-corrected chi connectivity index (χ2v) is 3.55. The summed E-state index contributed by atoms with van der Waals surface area (Å²) in [6.45, 7) is 9.48. The summed E-state index contributed by atoms with van der Waals surface area (Å²) in [7, 11) is 0. The molecule has 2 nitrogen and oxygen atoms in total. The Labute approximate surface area is 83.1 Å². The fourth-order valence-corrected chi connectivity index (χ4v) is 1.08. The molecule has 0 aliphatic rings. The number of ether oxygens (including phenoxy) is 1. The van der Waals surface area contributed by atoms with Crippen molar-refractivity contribution in [3.05, 3.63) is 0 Å². The number of hydrogen-bond donors (Lipinski definition) is 1. The fourth-order valence-electron chi connectivity index (χ4n) is 1.08. The molecule has 0 heterocycles. The van der Waals surface area contributed by atoms with E-state index >= 15 is 0 Å². The number of hydrogen-bond acceptors (Lipinski definition) is 2. The molecule has 0 aromatic heterocycles. The first-order valence-corrected chi connectivity index (χ1v) is 5.63. The van der Waals surface area contributed by atoms with Gasteiger partial charge in [0.1, 0.15) is 0 Å². The van der Waals surface area contributed by atoms with Gasteiger partial charge in [-0.15, -0.1) is 0 Å². The van der Waals surface area contributed by atoms with Crippen molar-refractivity contribution >= 4 is 0 Å². The molecule has 2 heteroatoms. The highest BCUT2D eigenvalue weighted by atomic mass is 16.5. The van der Waals surface area contributed by atoms with E-state index in [4.69, 9.17) is 4.74 Å². The molecule has 1 N–H and O–H groups in total. The Morgan fingerprint density at radius 2 is 1.92 bits per heavy atom. The maximum Gasteiger partial charge on any atom is 0.0594 e. The molecule has 0 aliphatic heterocycles. The standard InChI is InChI=1S/C11H25NO/c1-4-6-7-8-12-9-10-13-11(3)5-2/h11-12H,4-10H2,1-3H3. The van der Waals surface area contributed by atoms with Crippen LogP contribution in [0.4, 0.5) is 0 Å². The van der Waals surface area contributed by atoms with Gasteiger partial charge in [0, 0.05) is 6.54 Å². The van der Waals surface area contributed by atoms with Crippen LogP contribution in [0.15, 0.2) is 0 Å². The van der Waals surface area contributed by atoms with E-state index in [0.29, 0.717) is 6.10 Å². The van der Waals surface area contributed by atoms with Crippen LogP contribution in [0.25, 0.3) is 0 Å². The predicted octanol–water partition coefficient (Wildman–Crippen LogP) is 2.58. The van der Waals surface area contributed by atoms with Gasteiger partial charge in [-0.05, 0) is 26.3 Å². The molecule has 1 atom stereocenters. The van der Waals surface area contributed by atoms with Crippen molar-refractivity contribution < 1.29 is 4.74 Å². The number of nitrogens with one attached hydrogen (secondary N) is 1. The topological polar surface area (TPSA) is 21.3 Å². The first-order chi connectivity index (χ1) is 6.31. The second kappa shape index (κ2) is 10.0. The summed E-state index contributed by atoms with van der Waals surface area (Å²) < 4.78 is 5.54. The normalized spacial score (nSPS) is 13.2. The van der Waals surface area contributed by atoms with E-state index < -0.39 is 0 Å². The van der Waals surface area contributed by atoms with Gasteiger partial charge in [-0.1, -0.05) is 26.7 Å². The van der Waals surface area contributed by atoms with Crippen molar-refractivity contribution in [3.8, 4) is 0 Å². The maximum absolute atomic E-state index is 5.54. The zero-order valence-electron chi connectivity index (χ0n) is 9.44. The molecule has 0 rings (SSSR count). The summed E-state index contributed by atoms with van der Waals surface area (Å²) >= 11 is 0. The van der Waals surface area contributed by atoms with E-state index in [9.17, 15) is 0 Å². The van der Waals surface area contributed by atoms with E-state index in [-0.39, 0.29) is 0 Å². The molecule has 0 amide bonds. The van der Waals surface area contributed by atoms with E-state index in [1.165, 1.54) is 19.3 Å². The third-order valence-electron chi connectivity index (χ3n) is 2.21. The summed E-state index contributed by atoms with van der Waals surface area (Å²) in [5.74, 6) is 0. The Balaban J connectivity index is 2.91. The minimum atomic E-state index is 0.414. The zero-order chi connectivity index (χ0) is 9.94. The van der Waals surface area contributed by atoms with Crippen LogP contribution in [0.1, 0.15) is 46.5 Å². The molecule has 0 aliphatic carbocycles. The van der Waals surface area contributed by atoms with Crippen LogP contribution in [0.2, 0.25) is 0 Å². The van der Waals surface area contributed by atoms with Crippen LogP contribution in [0.3, 0.4) is 0 Å². The Bertz CT molecular complexity index is 96.1. The lowest BCUT2D eigenvalue weighted by molar-refractivity contribution is 0.0657. The van der Waals surface area contributed by atoms with Gasteiger partial charge >= 0.3 is 0 Å². The number of unbranched alkanes of at least 4 members (excludes halogenated alkanes) is 2. The largest absolute Gasteiger partial charge is 0.377 e. The predicted molar refractivity (Wildman–Crippen MR) is 58.1 cm³/mol. The molecule has 0 fully saturated rings. The molecule has 80 valence electrons. The van der Waals surface area contributed by atoms with Gasteiger partial charge in [0.25, 0.3) is 0 Å². The van der Waals surface area contributed by atoms with Gasteiger partial charge in [0.05, 0.1) is 12.7 Å². The lowest BCUT2D eigenvalue weighted by Gasteiger charge is -2.10. The molecule has 1 unspecified atom stereocenters. The van der Waals surface area contributed by atoms with Crippen LogP contribution < -0.4 is 5.32 Å². The molecule has 0 radical (unpaired) electrons. The zero-order valence-corrected chi connectivity index (χ0v) is 9.44. The minimum Gasteiger partial charge on any atom is -0.377 e. The molecule has 0 bridgehead atoms. The number of rotatable bonds is 9. The highest BCUT2D eigenvalue weighted by Crippen LogP contribution is 1.94. The molecular formula is C11H25NO. The van der Waals surface area contributed by atoms with Crippen LogP contribution in [-0.4, -0.2) is 25.8 Å². The van der Waals surface area contributed by atoms with Crippen molar-refractivity contribution in [2.45, 2.75) is 52.6 Å². The van der Waals surface area contributed by atoms with Gasteiger partial charge in [0.2, 0.25) is 0 Å². The SMILES string of the molecule is CCCCCNCCOC(C)CC. The highest BCUT2D eigenvalue weighted by molar-refractivity contribution is 4.49. The Morgan fingerprint density at radius 1 is 1.15 bits per heavy atom. The Kier molecular flexibility index (Phi) is 9.94. The van der Waals surface area contributed by atoms with Gasteiger partial charge in [-0.2, -0.15) is 0 Å². The maximum atomic E-state index is 5.54. The Morgan fingerprint density at radius 3 is 2.54 bits per heavy atom. The average molecular weight is 187 g/mol. The molecule has 0 saturated carbocycles. The van der Waals surface area contributed by atoms with Gasteiger partial charge < -0.3 is 10.1 Å². The van der Waals surface area contributed by atoms with Crippen LogP contribution in [0.5, 0.6) is 0 Å². The molecule has 0 aromatic carbocycles. The van der Waals surface area contributed by atoms with Crippen molar-refractivity contribution in [2.75, 3.05) is 19.7 Å². The second-order valence-electron chi connectivity index (χ2n) is 3.55. The van der Waals surface area contributed by atoms with Crippen molar-refractivity contribution in [2.24, 2.45) is 0 Å². The molecule has 13 heavy (non-hydrogen) atoms. The van der Waals surface area contributed by atoms with Gasteiger partial charge in [-0.25, -0.2) is 0 Å². The monoisotopic (exact) mass is 187 g/mol. The summed E-state index contributed by atoms with van der Waals surface area (Å²) in [6, 6.07) is 0. The van der Waals surface area contributed by atoms with Crippen LogP contribution in [0, 0.1) is 0 Å². The van der Waals surface area contributed by atoms with E-state index in [1.54, 1.807) is 0 Å². The third-order valence-corrected chi connectivity index (χ3v) is 2.21. The third kappa shape index (κ3) is 9.84. The summed E-state index contributed by atoms with van der Waals surface area (Å²) in [4.78, 5) is 0. The van der Waals surface area contributed by atoms with Gasteiger partial charge in [0.15, 0.2) is 0 Å². The first-order valence-electron chi connectivity index (χ1n) is 5.63. The van der Waals surface area contributed by atoms with Crippen molar-refractivity contribution in [1.29, 1.82) is 0 Å². The Hall–Kier alpha value is -0.0800. The highest BCUT2D eigenvalue weighted by Gasteiger charge is 1.96. The molecule has 0 aromatic rings. The summed E-state index contributed by atoms with van der Waals surface area (Å²) in [5.41, 5.74) is 0. The van der Waals surface area contributed by atoms with E-state index in [2.05, 4.69) is 26.1 Å². The molecule has 0 saturated heterocycles. The smallest absolute Gasteiger partial charge is 0.0594 e. The summed E-state index contributed by atoms with van der Waals surface area (Å²) in [6.07, 6.45) is 5.44.